The second kappa shape index (κ2) is 40.4. The zero-order valence-corrected chi connectivity index (χ0v) is 76.4. The van der Waals surface area contributed by atoms with Gasteiger partial charge in [-0.15, -0.1) is 5.10 Å². The molecule has 4 saturated carbocycles. The van der Waals surface area contributed by atoms with Crippen molar-refractivity contribution < 1.29 is 90.7 Å². The first-order valence-electron chi connectivity index (χ1n) is 43.9. The van der Waals surface area contributed by atoms with Crippen LogP contribution in [0.2, 0.25) is 0 Å². The molecule has 16 rings (SSSR count). The van der Waals surface area contributed by atoms with Gasteiger partial charge in [0.1, 0.15) is 34.2 Å². The number of nitriles is 1. The Balaban J connectivity index is 0.000000149. The van der Waals surface area contributed by atoms with Gasteiger partial charge < -0.3 is 54.2 Å². The van der Waals surface area contributed by atoms with E-state index in [0.29, 0.717) is 119 Å². The SMILES string of the molecule is CC(C)(C)OC(=O)N1C[C@H]2CC[C@@H](C1)C2N.CC(C)n1nc(Br)nc1Oc1cccc(C(F)(F)F)c1.CC(C)n1nc(CC2[C@@H]3CC[C@H]2CN(C#N)C3)nc1Oc1cccc(C(F)(F)F)c1.CC(C)n1nc(CC2[C@@H]3CC[C@H]2CN(C(=O)OC(C)(C)C)C3)nc1Oc1cccc(C(F)(F)F)c1.CC(C)n1nc(CC2[C@@H]3CC[C@H]2CNC3)nc1Oc1cccc(C(F)(F)F)c1. The molecule has 8 fully saturated rings. The smallest absolute Gasteiger partial charge is 0.416 e. The third-order valence-electron chi connectivity index (χ3n) is 24.5. The van der Waals surface area contributed by atoms with Gasteiger partial charge in [-0.3, -0.25) is 0 Å². The third-order valence-corrected chi connectivity index (χ3v) is 24.9. The summed E-state index contributed by atoms with van der Waals surface area (Å²) in [6, 6.07) is 19.9. The van der Waals surface area contributed by atoms with Gasteiger partial charge in [0.05, 0.1) is 46.4 Å². The summed E-state index contributed by atoms with van der Waals surface area (Å²) in [5.41, 5.74) is 2.09. The number of ether oxygens (including phenoxy) is 6. The molecule has 4 unspecified atom stereocenters. The number of nitrogens with two attached hydrogens (primary N) is 1. The molecule has 0 radical (unpaired) electrons. The maximum atomic E-state index is 13.1. The van der Waals surface area contributed by atoms with E-state index in [1.165, 1.54) is 66.1 Å². The predicted octanol–water partition coefficient (Wildman–Crippen LogP) is 21.2. The van der Waals surface area contributed by atoms with E-state index < -0.39 is 58.2 Å². The van der Waals surface area contributed by atoms with Crippen LogP contribution in [0.1, 0.15) is 212 Å². The number of piperidine rings is 4. The lowest BCUT2D eigenvalue weighted by Gasteiger charge is -2.38. The number of nitrogens with one attached hydrogen (secondary N) is 1. The van der Waals surface area contributed by atoms with E-state index in [1.54, 1.807) is 14.0 Å². The first kappa shape index (κ1) is 98.1. The molecule has 4 saturated heterocycles. The number of aromatic nitrogens is 12. The standard InChI is InChI=1S/C25H33F3N4O3.C21H24F3N5O.C20H25F3N4O.C12H11BrF3N3O.C12H22N2O2/c1-15(2)32-22(34-19-8-6-7-18(11-19)25(26,27)28)29-21(30-32)12-20-16-9-10-17(20)14-31(13-16)23(33)35-24(3,4)5;1-13(2)29-20(30-17-5-3-4-16(8-17)21(22,23)24)26-19(27-29)9-18-14-6-7-15(18)11-28(10-14)12-25;1-12(2)27-19(28-16-5-3-4-15(8-16)20(21,22)23)25-18(26-27)9-17-13-6-7-14(17)11-24-10-13;1-7(2)19-11(17-10(13)18-19)20-9-5-3-4-8(6-9)12(14,15)16;1-12(2,3)16-11(15)14-6-8-4-5-9(7-14)10(8)13/h6-8,11,15-17,20H,9-10,12-14H2,1-5H3;3-5,8,13-15,18H,6-7,9-11H2,1-2H3;3-5,8,12-14,17,24H,6-7,9-11H2,1-2H3;3-7H,1-2H3;8-10H,4-7,13H2,1-3H3/t16-,17+,20?;14-,15+,18?;13-,14+,17?;;8-,9+,10?. The first-order chi connectivity index (χ1) is 60.5. The Kier molecular flexibility index (Phi) is 30.7. The highest BCUT2D eigenvalue weighted by Crippen LogP contribution is 2.48. The van der Waals surface area contributed by atoms with Crippen LogP contribution in [0.4, 0.5) is 62.3 Å². The third kappa shape index (κ3) is 25.8. The molecule has 8 bridgehead atoms. The summed E-state index contributed by atoms with van der Waals surface area (Å²) in [5.74, 6) is 7.38. The molecule has 4 aliphatic carbocycles. The summed E-state index contributed by atoms with van der Waals surface area (Å²) in [4.78, 5) is 47.5. The number of hydrogen-bond donors (Lipinski definition) is 2. The van der Waals surface area contributed by atoms with Gasteiger partial charge in [-0.05, 0) is 315 Å². The second-order valence-corrected chi connectivity index (χ2v) is 38.5. The van der Waals surface area contributed by atoms with E-state index in [2.05, 4.69) is 67.8 Å². The lowest BCUT2D eigenvalue weighted by atomic mass is 9.82. The Morgan fingerprint density at radius 2 is 0.682 bits per heavy atom. The summed E-state index contributed by atoms with van der Waals surface area (Å²) >= 11 is 3.11. The number of amides is 2. The molecule has 12 atom stereocenters. The van der Waals surface area contributed by atoms with E-state index >= 15 is 0 Å². The molecule has 8 aliphatic rings. The topological polar surface area (TPSA) is 284 Å². The van der Waals surface area contributed by atoms with Crippen LogP contribution >= 0.6 is 15.9 Å². The molecule has 2 amide bonds. The summed E-state index contributed by atoms with van der Waals surface area (Å²) < 4.78 is 195. The van der Waals surface area contributed by atoms with Gasteiger partial charge in [0.2, 0.25) is 4.73 Å². The minimum absolute atomic E-state index is 0.00760. The Hall–Kier alpha value is -9.97. The molecule has 129 heavy (non-hydrogen) atoms. The van der Waals surface area contributed by atoms with E-state index in [9.17, 15) is 67.5 Å². The Bertz CT molecular complexity index is 5090. The van der Waals surface area contributed by atoms with Gasteiger partial charge >= 0.3 is 60.9 Å². The monoisotopic (exact) mass is 1880 g/mol. The van der Waals surface area contributed by atoms with Crippen molar-refractivity contribution in [1.82, 2.24) is 79.1 Å². The van der Waals surface area contributed by atoms with Crippen molar-refractivity contribution in [3.63, 3.8) is 0 Å². The van der Waals surface area contributed by atoms with Crippen LogP contribution in [0.5, 0.6) is 47.0 Å². The van der Waals surface area contributed by atoms with Crippen molar-refractivity contribution in [2.45, 2.75) is 234 Å². The van der Waals surface area contributed by atoms with Crippen LogP contribution in [0.3, 0.4) is 0 Å². The van der Waals surface area contributed by atoms with E-state index in [1.807, 2.05) is 112 Å². The Morgan fingerprint density at radius 3 is 0.969 bits per heavy atom. The lowest BCUT2D eigenvalue weighted by Crippen LogP contribution is -2.51. The fourth-order valence-electron chi connectivity index (χ4n) is 18.4. The number of carbonyl (C=O) groups excluding carboxylic acids is 2. The van der Waals surface area contributed by atoms with Gasteiger partial charge in [-0.25, -0.2) is 28.3 Å². The molecule has 4 aromatic heterocycles. The average Bonchev–Trinajstić information content (AvgIpc) is 1.21. The number of carbonyl (C=O) groups is 2. The van der Waals surface area contributed by atoms with Crippen molar-refractivity contribution in [2.75, 3.05) is 52.4 Å². The molecular formula is C90H115BrF12N18O8. The number of hydrogen-bond acceptors (Lipinski definition) is 20. The van der Waals surface area contributed by atoms with Crippen LogP contribution in [-0.4, -0.2) is 156 Å². The number of alkyl halides is 12. The number of fused-ring (bicyclic) bond motifs is 8. The van der Waals surface area contributed by atoms with Crippen molar-refractivity contribution in [2.24, 2.45) is 70.8 Å². The molecule has 4 aliphatic heterocycles. The van der Waals surface area contributed by atoms with E-state index in [0.717, 1.165) is 133 Å². The normalized spacial score (nSPS) is 23.0. The molecule has 4 aromatic carbocycles. The van der Waals surface area contributed by atoms with Gasteiger partial charge in [-0.1, -0.05) is 24.3 Å². The molecule has 26 nitrogen and oxygen atoms in total. The number of benzene rings is 4. The van der Waals surface area contributed by atoms with Crippen LogP contribution < -0.4 is 30.0 Å². The quantitative estimate of drug-likeness (QED) is 0.0596. The highest BCUT2D eigenvalue weighted by Gasteiger charge is 2.48. The van der Waals surface area contributed by atoms with Crippen molar-refractivity contribution in [3.8, 4) is 53.2 Å². The number of rotatable bonds is 18. The van der Waals surface area contributed by atoms with Crippen LogP contribution in [0.25, 0.3) is 0 Å². The number of likely N-dealkylation sites (tertiary alicyclic amines) is 3. The highest BCUT2D eigenvalue weighted by molar-refractivity contribution is 9.10. The van der Waals surface area contributed by atoms with Crippen molar-refractivity contribution in [3.05, 3.63) is 142 Å². The molecular weight excluding hydrogens is 1770 g/mol. The molecule has 8 heterocycles. The van der Waals surface area contributed by atoms with Crippen molar-refractivity contribution in [1.29, 1.82) is 5.26 Å². The minimum Gasteiger partial charge on any atom is -0.444 e. The number of nitrogens with zero attached hydrogens (tertiary/aromatic N) is 16. The summed E-state index contributed by atoms with van der Waals surface area (Å²) in [7, 11) is 0. The zero-order valence-electron chi connectivity index (χ0n) is 74.8. The minimum atomic E-state index is -4.45. The maximum absolute atomic E-state index is 13.1. The summed E-state index contributed by atoms with van der Waals surface area (Å²) in [5, 5.41) is 30.6. The summed E-state index contributed by atoms with van der Waals surface area (Å²) in [6.07, 6.45) is -4.74. The molecule has 39 heteroatoms. The second-order valence-electron chi connectivity index (χ2n) is 37.8. The largest absolute Gasteiger partial charge is 0.444 e. The van der Waals surface area contributed by atoms with Crippen LogP contribution in [-0.2, 0) is 53.4 Å². The lowest BCUT2D eigenvalue weighted by molar-refractivity contribution is -0.138. The van der Waals surface area contributed by atoms with Crippen LogP contribution in [0.15, 0.2) is 102 Å². The fraction of sp³-hybridized carbons (Fsp3) is 0.611. The van der Waals surface area contributed by atoms with E-state index in [4.69, 9.17) is 34.2 Å². The molecule has 0 spiro atoms. The molecule has 8 aromatic rings. The van der Waals surface area contributed by atoms with Crippen LogP contribution in [0, 0.1) is 76.6 Å². The Labute approximate surface area is 751 Å². The molecule has 3 N–H and O–H groups in total. The maximum Gasteiger partial charge on any atom is 0.416 e. The summed E-state index contributed by atoms with van der Waals surface area (Å²) in [6.45, 7) is 33.1. The van der Waals surface area contributed by atoms with Gasteiger partial charge in [0.15, 0.2) is 23.7 Å². The van der Waals surface area contributed by atoms with Gasteiger partial charge in [0, 0.05) is 64.6 Å². The van der Waals surface area contributed by atoms with Gasteiger partial charge in [0.25, 0.3) is 0 Å². The van der Waals surface area contributed by atoms with Gasteiger partial charge in [-0.2, -0.15) is 93.2 Å². The zero-order chi connectivity index (χ0) is 93.7. The highest BCUT2D eigenvalue weighted by atomic mass is 79.9. The predicted molar refractivity (Wildman–Crippen MR) is 455 cm³/mol. The number of halogens is 13. The average molecular weight is 1880 g/mol. The first-order valence-corrected chi connectivity index (χ1v) is 44.7. The van der Waals surface area contributed by atoms with Crippen molar-refractivity contribution >= 4 is 28.1 Å². The van der Waals surface area contributed by atoms with E-state index in [-0.39, 0.29) is 83.4 Å². The fourth-order valence-corrected chi connectivity index (χ4v) is 18.7. The Morgan fingerprint density at radius 1 is 0.419 bits per heavy atom. The molecule has 704 valence electrons.